The van der Waals surface area contributed by atoms with E-state index in [1.807, 2.05) is 23.5 Å². The molecule has 16 heavy (non-hydrogen) atoms. The molecular weight excluding hydrogens is 236 g/mol. The van der Waals surface area contributed by atoms with Gasteiger partial charge in [0.1, 0.15) is 5.78 Å². The Hall–Kier alpha value is 0.370. The topological polar surface area (TPSA) is 17.1 Å². The Morgan fingerprint density at radius 3 is 2.56 bits per heavy atom. The van der Waals surface area contributed by atoms with Gasteiger partial charge >= 0.3 is 0 Å². The summed E-state index contributed by atoms with van der Waals surface area (Å²) in [4.78, 5) is 12.3. The van der Waals surface area contributed by atoms with Crippen LogP contribution in [0.15, 0.2) is 0 Å². The van der Waals surface area contributed by atoms with Gasteiger partial charge in [0.2, 0.25) is 0 Å². The van der Waals surface area contributed by atoms with E-state index in [1.165, 1.54) is 37.2 Å². The molecule has 0 radical (unpaired) electrons. The maximum Gasteiger partial charge on any atom is 0.147 e. The van der Waals surface area contributed by atoms with Crippen LogP contribution >= 0.6 is 23.5 Å². The molecular formula is C13H22OS2. The average Bonchev–Trinajstić information content (AvgIpc) is 2.81. The van der Waals surface area contributed by atoms with Gasteiger partial charge in [-0.3, -0.25) is 4.79 Å². The van der Waals surface area contributed by atoms with Crippen molar-refractivity contribution in [2.45, 2.75) is 55.9 Å². The van der Waals surface area contributed by atoms with E-state index in [1.54, 1.807) is 0 Å². The van der Waals surface area contributed by atoms with Crippen LogP contribution in [0.3, 0.4) is 0 Å². The van der Waals surface area contributed by atoms with Gasteiger partial charge in [-0.1, -0.05) is 32.6 Å². The van der Waals surface area contributed by atoms with E-state index >= 15 is 0 Å². The number of carbonyl (C=O) groups is 1. The average molecular weight is 258 g/mol. The van der Waals surface area contributed by atoms with Crippen LogP contribution in [0.2, 0.25) is 0 Å². The lowest BCUT2D eigenvalue weighted by atomic mass is 9.98. The van der Waals surface area contributed by atoms with Crippen molar-refractivity contribution in [2.75, 3.05) is 11.5 Å². The van der Waals surface area contributed by atoms with Crippen molar-refractivity contribution in [1.82, 2.24) is 0 Å². The second kappa shape index (κ2) is 6.34. The van der Waals surface area contributed by atoms with E-state index in [-0.39, 0.29) is 0 Å². The van der Waals surface area contributed by atoms with Crippen molar-refractivity contribution in [2.24, 2.45) is 5.92 Å². The third-order valence-electron chi connectivity index (χ3n) is 3.73. The highest BCUT2D eigenvalue weighted by Gasteiger charge is 2.32. The van der Waals surface area contributed by atoms with Crippen LogP contribution in [0, 0.1) is 5.92 Å². The number of rotatable bonds is 4. The Kier molecular flexibility index (Phi) is 5.08. The zero-order chi connectivity index (χ0) is 11.4. The number of Topliss-reactive ketones (excluding diaryl/α,β-unsaturated/α-hetero) is 1. The molecule has 2 rings (SSSR count). The van der Waals surface area contributed by atoms with Crippen LogP contribution in [0.4, 0.5) is 0 Å². The molecule has 0 N–H and O–H groups in total. The monoisotopic (exact) mass is 258 g/mol. The van der Waals surface area contributed by atoms with Crippen LogP contribution in [-0.4, -0.2) is 27.8 Å². The molecule has 0 amide bonds. The van der Waals surface area contributed by atoms with Gasteiger partial charge in [-0.15, -0.1) is 11.8 Å². The second-order valence-corrected chi connectivity index (χ2v) is 7.53. The zero-order valence-electron chi connectivity index (χ0n) is 10.1. The first-order valence-electron chi connectivity index (χ1n) is 6.57. The fourth-order valence-corrected chi connectivity index (χ4v) is 5.87. The van der Waals surface area contributed by atoms with Gasteiger partial charge in [0.25, 0.3) is 0 Å². The highest BCUT2D eigenvalue weighted by molar-refractivity contribution is 8.07. The van der Waals surface area contributed by atoms with Crippen molar-refractivity contribution in [3.63, 3.8) is 0 Å². The summed E-state index contributed by atoms with van der Waals surface area (Å²) in [5.41, 5.74) is 0. The van der Waals surface area contributed by atoms with Crippen LogP contribution in [-0.2, 0) is 4.79 Å². The lowest BCUT2D eigenvalue weighted by molar-refractivity contribution is -0.119. The van der Waals surface area contributed by atoms with E-state index in [0.29, 0.717) is 16.3 Å². The maximum absolute atomic E-state index is 12.3. The van der Waals surface area contributed by atoms with Gasteiger partial charge in [-0.05, 0) is 12.3 Å². The minimum Gasteiger partial charge on any atom is -0.298 e. The Morgan fingerprint density at radius 2 is 1.88 bits per heavy atom. The highest BCUT2D eigenvalue weighted by Crippen LogP contribution is 2.36. The Balaban J connectivity index is 1.86. The summed E-state index contributed by atoms with van der Waals surface area (Å²) in [7, 11) is 0. The number of ketones is 1. The number of hydrogen-bond acceptors (Lipinski definition) is 3. The quantitative estimate of drug-likeness (QED) is 0.764. The number of carbonyl (C=O) groups excluding carboxylic acids is 1. The molecule has 1 aliphatic heterocycles. The van der Waals surface area contributed by atoms with Crippen molar-refractivity contribution in [3.8, 4) is 0 Å². The van der Waals surface area contributed by atoms with Crippen LogP contribution < -0.4 is 0 Å². The van der Waals surface area contributed by atoms with Crippen molar-refractivity contribution in [1.29, 1.82) is 0 Å². The van der Waals surface area contributed by atoms with E-state index in [0.717, 1.165) is 18.8 Å². The van der Waals surface area contributed by atoms with Crippen molar-refractivity contribution in [3.05, 3.63) is 0 Å². The summed E-state index contributed by atoms with van der Waals surface area (Å²) in [6.45, 7) is 2.22. The molecule has 2 atom stereocenters. The third-order valence-corrected chi connectivity index (χ3v) is 7.03. The molecule has 0 aromatic rings. The first-order valence-corrected chi connectivity index (χ1v) is 8.67. The molecule has 1 nitrogen and oxygen atoms in total. The maximum atomic E-state index is 12.3. The second-order valence-electron chi connectivity index (χ2n) is 4.93. The van der Waals surface area contributed by atoms with Gasteiger partial charge < -0.3 is 0 Å². The van der Waals surface area contributed by atoms with Gasteiger partial charge in [0.15, 0.2) is 0 Å². The van der Waals surface area contributed by atoms with Gasteiger partial charge in [-0.2, -0.15) is 11.8 Å². The standard InChI is InChI=1S/C13H22OS2/c1-2-12-13(16-8-7-15-12)11(14)9-10-5-3-4-6-10/h10,12-13H,2-9H2,1H3. The van der Waals surface area contributed by atoms with E-state index in [9.17, 15) is 4.79 Å². The van der Waals surface area contributed by atoms with Crippen molar-refractivity contribution < 1.29 is 4.79 Å². The van der Waals surface area contributed by atoms with Crippen LogP contribution in [0.1, 0.15) is 45.4 Å². The largest absolute Gasteiger partial charge is 0.298 e. The predicted octanol–water partition coefficient (Wildman–Crippen LogP) is 3.76. The number of hydrogen-bond donors (Lipinski definition) is 0. The summed E-state index contributed by atoms with van der Waals surface area (Å²) < 4.78 is 0. The smallest absolute Gasteiger partial charge is 0.147 e. The van der Waals surface area contributed by atoms with Gasteiger partial charge in [0.05, 0.1) is 5.25 Å². The molecule has 1 heterocycles. The minimum absolute atomic E-state index is 0.310. The fourth-order valence-electron chi connectivity index (χ4n) is 2.82. The summed E-state index contributed by atoms with van der Waals surface area (Å²) in [5.74, 6) is 3.67. The first kappa shape index (κ1) is 12.8. The summed E-state index contributed by atoms with van der Waals surface area (Å²) >= 11 is 3.93. The molecule has 0 aromatic heterocycles. The van der Waals surface area contributed by atoms with E-state index in [4.69, 9.17) is 0 Å². The van der Waals surface area contributed by atoms with Gasteiger partial charge in [0, 0.05) is 23.2 Å². The lowest BCUT2D eigenvalue weighted by Crippen LogP contribution is -2.33. The summed E-state index contributed by atoms with van der Waals surface area (Å²) in [5, 5.41) is 0.900. The summed E-state index contributed by atoms with van der Waals surface area (Å²) in [6, 6.07) is 0. The van der Waals surface area contributed by atoms with Gasteiger partial charge in [-0.25, -0.2) is 0 Å². The molecule has 1 saturated carbocycles. The molecule has 2 fully saturated rings. The molecule has 0 spiro atoms. The Labute approximate surface area is 108 Å². The molecule has 0 aromatic carbocycles. The SMILES string of the molecule is CCC1SCCSC1C(=O)CC1CCCC1. The van der Waals surface area contributed by atoms with E-state index in [2.05, 4.69) is 6.92 Å². The molecule has 92 valence electrons. The van der Waals surface area contributed by atoms with Crippen molar-refractivity contribution >= 4 is 29.3 Å². The molecule has 1 saturated heterocycles. The molecule has 2 unspecified atom stereocenters. The van der Waals surface area contributed by atoms with Crippen LogP contribution in [0.25, 0.3) is 0 Å². The van der Waals surface area contributed by atoms with E-state index < -0.39 is 0 Å². The third kappa shape index (κ3) is 3.19. The van der Waals surface area contributed by atoms with Crippen LogP contribution in [0.5, 0.6) is 0 Å². The molecule has 1 aliphatic carbocycles. The normalized spacial score (nSPS) is 31.8. The number of thioether (sulfide) groups is 2. The highest BCUT2D eigenvalue weighted by atomic mass is 32.2. The summed E-state index contributed by atoms with van der Waals surface area (Å²) in [6.07, 6.45) is 7.32. The predicted molar refractivity (Wildman–Crippen MR) is 74.4 cm³/mol. The fraction of sp³-hybridized carbons (Fsp3) is 0.923. The molecule has 2 aliphatic rings. The molecule has 0 bridgehead atoms. The first-order chi connectivity index (χ1) is 7.81. The lowest BCUT2D eigenvalue weighted by Gasteiger charge is -2.29. The Bertz CT molecular complexity index is 236. The minimum atomic E-state index is 0.310. The molecule has 3 heteroatoms. The zero-order valence-corrected chi connectivity index (χ0v) is 11.7. The Morgan fingerprint density at radius 1 is 1.19 bits per heavy atom.